The molecule has 1 N–H and O–H groups in total. The maximum Gasteiger partial charge on any atom is 0.224 e. The van der Waals surface area contributed by atoms with Crippen molar-refractivity contribution in [2.24, 2.45) is 0 Å². The third kappa shape index (κ3) is 5.74. The Hall–Kier alpha value is -1.35. The van der Waals surface area contributed by atoms with E-state index < -0.39 is 0 Å². The molecule has 20 heavy (non-hydrogen) atoms. The molecule has 1 aromatic rings. The minimum absolute atomic E-state index is 0.118. The summed E-state index contributed by atoms with van der Waals surface area (Å²) >= 11 is 0. The van der Waals surface area contributed by atoms with E-state index in [0.29, 0.717) is 12.3 Å². The summed E-state index contributed by atoms with van der Waals surface area (Å²) < 4.78 is 0. The smallest absolute Gasteiger partial charge is 0.224 e. The lowest BCUT2D eigenvalue weighted by molar-refractivity contribution is -0.120. The van der Waals surface area contributed by atoms with Gasteiger partial charge < -0.3 is 10.2 Å². The molecule has 0 aliphatic carbocycles. The van der Waals surface area contributed by atoms with Gasteiger partial charge in [0.25, 0.3) is 0 Å². The van der Waals surface area contributed by atoms with Crippen molar-refractivity contribution in [3.05, 3.63) is 34.9 Å². The second-order valence-corrected chi connectivity index (χ2v) is 6.02. The van der Waals surface area contributed by atoms with Crippen LogP contribution in [0.1, 0.15) is 42.9 Å². The van der Waals surface area contributed by atoms with E-state index in [4.69, 9.17) is 0 Å². The number of hydrogen-bond acceptors (Lipinski definition) is 2. The molecule has 3 nitrogen and oxygen atoms in total. The first-order valence-corrected chi connectivity index (χ1v) is 7.41. The number of benzene rings is 1. The molecule has 3 heteroatoms. The summed E-state index contributed by atoms with van der Waals surface area (Å²) in [5, 5.41) is 3.00. The first-order chi connectivity index (χ1) is 9.40. The summed E-state index contributed by atoms with van der Waals surface area (Å²) in [5.74, 6) is 0.616. The zero-order valence-electron chi connectivity index (χ0n) is 13.5. The average Bonchev–Trinajstić information content (AvgIpc) is 2.37. The van der Waals surface area contributed by atoms with Crippen LogP contribution in [-0.2, 0) is 11.2 Å². The van der Waals surface area contributed by atoms with Crippen molar-refractivity contribution in [1.29, 1.82) is 0 Å². The SMILES string of the molecule is Cc1ccc(C(C)C)cc1CC(=O)NCCCN(C)C. The maximum atomic E-state index is 12.0. The number of aryl methyl sites for hydroxylation is 1. The molecular formula is C17H28N2O. The molecule has 0 saturated carbocycles. The molecule has 1 aromatic carbocycles. The van der Waals surface area contributed by atoms with E-state index in [-0.39, 0.29) is 5.91 Å². The number of amides is 1. The summed E-state index contributed by atoms with van der Waals surface area (Å²) in [7, 11) is 4.09. The Bertz CT molecular complexity index is 439. The van der Waals surface area contributed by atoms with Gasteiger partial charge in [-0.05, 0) is 56.6 Å². The van der Waals surface area contributed by atoms with Crippen LogP contribution >= 0.6 is 0 Å². The molecule has 1 amide bonds. The normalized spacial score (nSPS) is 11.2. The zero-order chi connectivity index (χ0) is 15.1. The molecule has 112 valence electrons. The van der Waals surface area contributed by atoms with Crippen LogP contribution in [0, 0.1) is 6.92 Å². The van der Waals surface area contributed by atoms with E-state index >= 15 is 0 Å². The lowest BCUT2D eigenvalue weighted by atomic mass is 9.96. The zero-order valence-corrected chi connectivity index (χ0v) is 13.5. The number of nitrogens with one attached hydrogen (secondary N) is 1. The fourth-order valence-corrected chi connectivity index (χ4v) is 2.10. The molecule has 0 fully saturated rings. The quantitative estimate of drug-likeness (QED) is 0.777. The first-order valence-electron chi connectivity index (χ1n) is 7.41. The first kappa shape index (κ1) is 16.7. The molecule has 0 aromatic heterocycles. The summed E-state index contributed by atoms with van der Waals surface area (Å²) in [6, 6.07) is 6.43. The topological polar surface area (TPSA) is 32.3 Å². The van der Waals surface area contributed by atoms with Crippen LogP contribution in [0.4, 0.5) is 0 Å². The minimum atomic E-state index is 0.118. The van der Waals surface area contributed by atoms with Gasteiger partial charge in [0.15, 0.2) is 0 Å². The van der Waals surface area contributed by atoms with E-state index in [0.717, 1.165) is 25.1 Å². The van der Waals surface area contributed by atoms with Crippen molar-refractivity contribution < 1.29 is 4.79 Å². The van der Waals surface area contributed by atoms with Crippen molar-refractivity contribution in [3.8, 4) is 0 Å². The number of nitrogens with zero attached hydrogens (tertiary/aromatic N) is 1. The summed E-state index contributed by atoms with van der Waals surface area (Å²) in [6.45, 7) is 8.17. The molecule has 0 aliphatic heterocycles. The van der Waals surface area contributed by atoms with Crippen LogP contribution in [0.2, 0.25) is 0 Å². The Morgan fingerprint density at radius 2 is 2.00 bits per heavy atom. The van der Waals surface area contributed by atoms with Crippen LogP contribution in [0.5, 0.6) is 0 Å². The standard InChI is InChI=1S/C17H28N2O/c1-13(2)15-8-7-14(3)16(11-15)12-17(20)18-9-6-10-19(4)5/h7-8,11,13H,6,9-10,12H2,1-5H3,(H,18,20). The Labute approximate surface area is 123 Å². The molecule has 0 bridgehead atoms. The maximum absolute atomic E-state index is 12.0. The number of carbonyl (C=O) groups is 1. The van der Waals surface area contributed by atoms with Crippen LogP contribution in [0.25, 0.3) is 0 Å². The second kappa shape index (κ2) is 8.05. The molecule has 0 spiro atoms. The third-order valence-corrected chi connectivity index (χ3v) is 3.50. The molecule has 0 saturated heterocycles. The van der Waals surface area contributed by atoms with Gasteiger partial charge in [-0.15, -0.1) is 0 Å². The van der Waals surface area contributed by atoms with Gasteiger partial charge >= 0.3 is 0 Å². The van der Waals surface area contributed by atoms with Crippen molar-refractivity contribution in [2.45, 2.75) is 39.5 Å². The van der Waals surface area contributed by atoms with E-state index in [1.807, 2.05) is 14.1 Å². The van der Waals surface area contributed by atoms with Crippen LogP contribution < -0.4 is 5.32 Å². The monoisotopic (exact) mass is 276 g/mol. The Morgan fingerprint density at radius 1 is 1.30 bits per heavy atom. The van der Waals surface area contributed by atoms with Gasteiger partial charge in [0, 0.05) is 6.54 Å². The van der Waals surface area contributed by atoms with Crippen LogP contribution in [-0.4, -0.2) is 38.0 Å². The fourth-order valence-electron chi connectivity index (χ4n) is 2.10. The Morgan fingerprint density at radius 3 is 2.60 bits per heavy atom. The molecule has 0 aliphatic rings. The Kier molecular flexibility index (Phi) is 6.73. The Balaban J connectivity index is 2.51. The van der Waals surface area contributed by atoms with Gasteiger partial charge in [-0.3, -0.25) is 4.79 Å². The predicted molar refractivity (Wildman–Crippen MR) is 85.2 cm³/mol. The summed E-state index contributed by atoms with van der Waals surface area (Å²) in [4.78, 5) is 14.1. The number of hydrogen-bond donors (Lipinski definition) is 1. The van der Waals surface area contributed by atoms with Crippen molar-refractivity contribution in [2.75, 3.05) is 27.2 Å². The summed E-state index contributed by atoms with van der Waals surface area (Å²) in [5.41, 5.74) is 3.63. The molecule has 0 atom stereocenters. The van der Waals surface area contributed by atoms with Gasteiger partial charge in [0.05, 0.1) is 6.42 Å². The molecule has 0 heterocycles. The fraction of sp³-hybridized carbons (Fsp3) is 0.588. The van der Waals surface area contributed by atoms with Gasteiger partial charge in [0.2, 0.25) is 5.91 Å². The number of carbonyl (C=O) groups excluding carboxylic acids is 1. The van der Waals surface area contributed by atoms with E-state index in [1.165, 1.54) is 11.1 Å². The minimum Gasteiger partial charge on any atom is -0.356 e. The van der Waals surface area contributed by atoms with Crippen molar-refractivity contribution in [1.82, 2.24) is 10.2 Å². The van der Waals surface area contributed by atoms with Gasteiger partial charge in [-0.1, -0.05) is 32.0 Å². The lowest BCUT2D eigenvalue weighted by Gasteiger charge is -2.12. The van der Waals surface area contributed by atoms with Crippen LogP contribution in [0.15, 0.2) is 18.2 Å². The second-order valence-electron chi connectivity index (χ2n) is 6.02. The highest BCUT2D eigenvalue weighted by atomic mass is 16.1. The van der Waals surface area contributed by atoms with Crippen molar-refractivity contribution in [3.63, 3.8) is 0 Å². The van der Waals surface area contributed by atoms with E-state index in [2.05, 4.69) is 49.2 Å². The van der Waals surface area contributed by atoms with Crippen LogP contribution in [0.3, 0.4) is 0 Å². The summed E-state index contributed by atoms with van der Waals surface area (Å²) in [6.07, 6.45) is 1.47. The van der Waals surface area contributed by atoms with Gasteiger partial charge in [-0.25, -0.2) is 0 Å². The largest absolute Gasteiger partial charge is 0.356 e. The highest BCUT2D eigenvalue weighted by Crippen LogP contribution is 2.18. The van der Waals surface area contributed by atoms with Crippen molar-refractivity contribution >= 4 is 5.91 Å². The highest BCUT2D eigenvalue weighted by Gasteiger charge is 2.08. The predicted octanol–water partition coefficient (Wildman–Crippen LogP) is 2.73. The average molecular weight is 276 g/mol. The molecule has 0 unspecified atom stereocenters. The molecule has 0 radical (unpaired) electrons. The van der Waals surface area contributed by atoms with E-state index in [1.54, 1.807) is 0 Å². The van der Waals surface area contributed by atoms with E-state index in [9.17, 15) is 4.79 Å². The highest BCUT2D eigenvalue weighted by molar-refractivity contribution is 5.78. The third-order valence-electron chi connectivity index (χ3n) is 3.50. The number of rotatable bonds is 7. The van der Waals surface area contributed by atoms with Gasteiger partial charge in [-0.2, -0.15) is 0 Å². The lowest BCUT2D eigenvalue weighted by Crippen LogP contribution is -2.28. The molecule has 1 rings (SSSR count). The van der Waals surface area contributed by atoms with Gasteiger partial charge in [0.1, 0.15) is 0 Å². The molecular weight excluding hydrogens is 248 g/mol.